The molecule has 3 aromatic rings. The van der Waals surface area contributed by atoms with Crippen molar-refractivity contribution < 1.29 is 9.53 Å². The molecule has 1 aromatic carbocycles. The Morgan fingerprint density at radius 3 is 2.76 bits per heavy atom. The molecule has 1 aliphatic carbocycles. The summed E-state index contributed by atoms with van der Waals surface area (Å²) in [4.78, 5) is 23.7. The number of ketones is 1. The van der Waals surface area contributed by atoms with E-state index in [1.54, 1.807) is 11.3 Å². The molecule has 2 aromatic heterocycles. The number of ether oxygens (including phenoxy) is 1. The molecular weight excluding hydrogens is 332 g/mol. The number of rotatable bonds is 4. The molecule has 4 nitrogen and oxygen atoms in total. The predicted octanol–water partition coefficient (Wildman–Crippen LogP) is 4.37. The van der Waals surface area contributed by atoms with Crippen molar-refractivity contribution in [1.29, 1.82) is 0 Å². The number of carbonyl (C=O) groups is 1. The van der Waals surface area contributed by atoms with Gasteiger partial charge in [-0.05, 0) is 68.4 Å². The first-order valence-electron chi connectivity index (χ1n) is 8.53. The highest BCUT2D eigenvalue weighted by Crippen LogP contribution is 2.39. The van der Waals surface area contributed by atoms with Crippen LogP contribution in [0.15, 0.2) is 18.5 Å². The number of Topliss-reactive ketones (excluding diaryl/α,β-unsaturated/α-hetero) is 1. The maximum Gasteiger partial charge on any atom is 0.226 e. The molecule has 0 unspecified atom stereocenters. The summed E-state index contributed by atoms with van der Waals surface area (Å²) in [6.45, 7) is 6.05. The van der Waals surface area contributed by atoms with Gasteiger partial charge in [0.25, 0.3) is 0 Å². The molecule has 0 saturated carbocycles. The van der Waals surface area contributed by atoms with Crippen LogP contribution in [0.1, 0.15) is 43.9 Å². The van der Waals surface area contributed by atoms with Crippen molar-refractivity contribution >= 4 is 27.3 Å². The summed E-state index contributed by atoms with van der Waals surface area (Å²) in [5, 5.41) is 1.00. The van der Waals surface area contributed by atoms with E-state index in [9.17, 15) is 4.79 Å². The van der Waals surface area contributed by atoms with Crippen LogP contribution in [-0.4, -0.2) is 22.4 Å². The van der Waals surface area contributed by atoms with Crippen LogP contribution in [0.2, 0.25) is 0 Å². The third-order valence-corrected chi connectivity index (χ3v) is 6.15. The molecule has 0 fully saturated rings. The largest absolute Gasteiger partial charge is 0.469 e. The van der Waals surface area contributed by atoms with Gasteiger partial charge in [-0.2, -0.15) is 0 Å². The van der Waals surface area contributed by atoms with Gasteiger partial charge in [0.2, 0.25) is 11.7 Å². The van der Waals surface area contributed by atoms with Crippen molar-refractivity contribution in [3.8, 4) is 5.88 Å². The lowest BCUT2D eigenvalue weighted by Gasteiger charge is -2.10. The van der Waals surface area contributed by atoms with Gasteiger partial charge in [0, 0.05) is 10.4 Å². The summed E-state index contributed by atoms with van der Waals surface area (Å²) in [6, 6.07) is 4.01. The zero-order chi connectivity index (χ0) is 17.6. The van der Waals surface area contributed by atoms with Crippen LogP contribution in [0.4, 0.5) is 0 Å². The summed E-state index contributed by atoms with van der Waals surface area (Å²) in [6.07, 6.45) is 4.85. The second-order valence-electron chi connectivity index (χ2n) is 6.68. The molecule has 0 spiro atoms. The zero-order valence-electron chi connectivity index (χ0n) is 14.7. The minimum absolute atomic E-state index is 0.0000737. The minimum Gasteiger partial charge on any atom is -0.469 e. The molecule has 128 valence electrons. The second-order valence-corrected chi connectivity index (χ2v) is 7.76. The van der Waals surface area contributed by atoms with Gasteiger partial charge in [0.05, 0.1) is 5.39 Å². The molecule has 2 heterocycles. The summed E-state index contributed by atoms with van der Waals surface area (Å²) in [5.74, 6) is 0.526. The van der Waals surface area contributed by atoms with Gasteiger partial charge >= 0.3 is 0 Å². The summed E-state index contributed by atoms with van der Waals surface area (Å²) in [7, 11) is 0. The summed E-state index contributed by atoms with van der Waals surface area (Å²) < 4.78 is 5.85. The third kappa shape index (κ3) is 2.82. The van der Waals surface area contributed by atoms with Gasteiger partial charge in [0.15, 0.2) is 6.61 Å². The van der Waals surface area contributed by atoms with E-state index in [0.717, 1.165) is 39.7 Å². The van der Waals surface area contributed by atoms with Crippen LogP contribution in [0.3, 0.4) is 0 Å². The third-order valence-electron chi connectivity index (χ3n) is 4.95. The molecule has 0 aliphatic heterocycles. The van der Waals surface area contributed by atoms with Crippen molar-refractivity contribution in [2.24, 2.45) is 0 Å². The first-order chi connectivity index (χ1) is 12.0. The van der Waals surface area contributed by atoms with E-state index in [4.69, 9.17) is 4.74 Å². The Hall–Kier alpha value is -2.27. The van der Waals surface area contributed by atoms with E-state index in [1.165, 1.54) is 28.8 Å². The summed E-state index contributed by atoms with van der Waals surface area (Å²) >= 11 is 1.72. The number of carbonyl (C=O) groups excluding carboxylic acids is 1. The number of fused-ring (bicyclic) bond motifs is 3. The van der Waals surface area contributed by atoms with E-state index in [0.29, 0.717) is 5.88 Å². The Kier molecular flexibility index (Phi) is 4.04. The number of thiophene rings is 1. The second kappa shape index (κ2) is 6.23. The highest BCUT2D eigenvalue weighted by molar-refractivity contribution is 7.18. The van der Waals surface area contributed by atoms with Crippen LogP contribution in [0, 0.1) is 20.8 Å². The van der Waals surface area contributed by atoms with Crippen LogP contribution in [-0.2, 0) is 12.8 Å². The highest BCUT2D eigenvalue weighted by Gasteiger charge is 2.22. The molecule has 4 rings (SSSR count). The van der Waals surface area contributed by atoms with Gasteiger partial charge in [-0.15, -0.1) is 11.3 Å². The number of hydrogen-bond donors (Lipinski definition) is 0. The maximum absolute atomic E-state index is 12.6. The SMILES string of the molecule is Cc1cc(C)c(C(=O)COc2ncnc3sc4c(c23)CCC4)cc1C. The van der Waals surface area contributed by atoms with Crippen LogP contribution in [0.25, 0.3) is 10.2 Å². The fourth-order valence-corrected chi connectivity index (χ4v) is 4.70. The molecule has 1 aliphatic rings. The van der Waals surface area contributed by atoms with Crippen LogP contribution in [0.5, 0.6) is 5.88 Å². The number of aromatic nitrogens is 2. The van der Waals surface area contributed by atoms with E-state index in [2.05, 4.69) is 23.0 Å². The van der Waals surface area contributed by atoms with E-state index >= 15 is 0 Å². The Morgan fingerprint density at radius 2 is 1.92 bits per heavy atom. The van der Waals surface area contributed by atoms with E-state index in [-0.39, 0.29) is 12.4 Å². The normalized spacial score (nSPS) is 13.2. The van der Waals surface area contributed by atoms with E-state index < -0.39 is 0 Å². The predicted molar refractivity (Wildman–Crippen MR) is 99.9 cm³/mol. The molecule has 0 saturated heterocycles. The number of nitrogens with zero attached hydrogens (tertiary/aromatic N) is 2. The molecule has 0 radical (unpaired) electrons. The average molecular weight is 352 g/mol. The number of benzene rings is 1. The highest BCUT2D eigenvalue weighted by atomic mass is 32.1. The quantitative estimate of drug-likeness (QED) is 0.654. The Balaban J connectivity index is 1.61. The maximum atomic E-state index is 12.6. The average Bonchev–Trinajstić information content (AvgIpc) is 3.16. The first kappa shape index (κ1) is 16.2. The Labute approximate surface area is 150 Å². The van der Waals surface area contributed by atoms with Crippen molar-refractivity contribution in [3.63, 3.8) is 0 Å². The fraction of sp³-hybridized carbons (Fsp3) is 0.350. The topological polar surface area (TPSA) is 52.1 Å². The Morgan fingerprint density at radius 1 is 1.12 bits per heavy atom. The molecular formula is C20H20N2O2S. The monoisotopic (exact) mass is 352 g/mol. The lowest BCUT2D eigenvalue weighted by Crippen LogP contribution is -2.14. The van der Waals surface area contributed by atoms with Gasteiger partial charge in [-0.1, -0.05) is 6.07 Å². The molecule has 0 atom stereocenters. The van der Waals surface area contributed by atoms with Gasteiger partial charge in [-0.25, -0.2) is 9.97 Å². The van der Waals surface area contributed by atoms with Crippen molar-refractivity contribution in [2.75, 3.05) is 6.61 Å². The molecule has 5 heteroatoms. The smallest absolute Gasteiger partial charge is 0.226 e. The van der Waals surface area contributed by atoms with Crippen molar-refractivity contribution in [1.82, 2.24) is 9.97 Å². The lowest BCUT2D eigenvalue weighted by atomic mass is 9.98. The van der Waals surface area contributed by atoms with Crippen molar-refractivity contribution in [2.45, 2.75) is 40.0 Å². The summed E-state index contributed by atoms with van der Waals surface area (Å²) in [5.41, 5.74) is 5.34. The van der Waals surface area contributed by atoms with E-state index in [1.807, 2.05) is 19.9 Å². The molecule has 0 amide bonds. The van der Waals surface area contributed by atoms with Crippen molar-refractivity contribution in [3.05, 3.63) is 51.2 Å². The zero-order valence-corrected chi connectivity index (χ0v) is 15.5. The fourth-order valence-electron chi connectivity index (χ4n) is 3.48. The van der Waals surface area contributed by atoms with Gasteiger partial charge in [0.1, 0.15) is 11.2 Å². The van der Waals surface area contributed by atoms with Gasteiger partial charge in [-0.3, -0.25) is 4.79 Å². The Bertz CT molecular complexity index is 991. The van der Waals surface area contributed by atoms with Crippen LogP contribution < -0.4 is 4.74 Å². The molecule has 0 bridgehead atoms. The number of hydrogen-bond acceptors (Lipinski definition) is 5. The van der Waals surface area contributed by atoms with Gasteiger partial charge < -0.3 is 4.74 Å². The first-order valence-corrected chi connectivity index (χ1v) is 9.35. The minimum atomic E-state index is -0.0146. The number of aryl methyl sites for hydroxylation is 5. The lowest BCUT2D eigenvalue weighted by molar-refractivity contribution is 0.0918. The standard InChI is InChI=1S/C20H20N2O2S/c1-11-7-13(3)15(8-12(11)2)16(23)9-24-19-18-14-5-4-6-17(14)25-20(18)22-10-21-19/h7-8,10H,4-6,9H2,1-3H3. The molecule has 25 heavy (non-hydrogen) atoms. The molecule has 0 N–H and O–H groups in total. The van der Waals surface area contributed by atoms with Crippen LogP contribution >= 0.6 is 11.3 Å².